The molecule has 0 saturated carbocycles. The van der Waals surface area contributed by atoms with Crippen LogP contribution < -0.4 is 16.0 Å². The number of rotatable bonds is 4. The van der Waals surface area contributed by atoms with Gasteiger partial charge in [-0.2, -0.15) is 0 Å². The molecule has 0 bridgehead atoms. The van der Waals surface area contributed by atoms with E-state index in [9.17, 15) is 4.79 Å². The maximum Gasteiger partial charge on any atom is 0.255 e. The van der Waals surface area contributed by atoms with E-state index in [0.717, 1.165) is 30.6 Å². The highest BCUT2D eigenvalue weighted by Gasteiger charge is 2.21. The summed E-state index contributed by atoms with van der Waals surface area (Å²) >= 11 is 0. The van der Waals surface area contributed by atoms with Crippen molar-refractivity contribution in [2.45, 2.75) is 38.8 Å². The largest absolute Gasteiger partial charge is 0.497 e. The lowest BCUT2D eigenvalue weighted by atomic mass is 9.98. The van der Waals surface area contributed by atoms with Crippen molar-refractivity contribution >= 4 is 0 Å². The Morgan fingerprint density at radius 2 is 2.00 bits per heavy atom. The van der Waals surface area contributed by atoms with Crippen LogP contribution in [-0.4, -0.2) is 11.7 Å². The van der Waals surface area contributed by atoms with Crippen LogP contribution in [0.25, 0.3) is 0 Å². The summed E-state index contributed by atoms with van der Waals surface area (Å²) in [5.41, 5.74) is 10.5. The average Bonchev–Trinajstić information content (AvgIpc) is 3.02. The zero-order valence-electron chi connectivity index (χ0n) is 13.1. The Balaban J connectivity index is 2.05. The molecule has 0 fully saturated rings. The molecule has 1 aliphatic rings. The van der Waals surface area contributed by atoms with Crippen LogP contribution in [-0.2, 0) is 19.4 Å². The van der Waals surface area contributed by atoms with Crippen molar-refractivity contribution in [2.75, 3.05) is 7.11 Å². The maximum absolute atomic E-state index is 12.8. The van der Waals surface area contributed by atoms with Crippen LogP contribution in [0.4, 0.5) is 0 Å². The van der Waals surface area contributed by atoms with Gasteiger partial charge in [0.25, 0.3) is 5.56 Å². The van der Waals surface area contributed by atoms with Crippen LogP contribution >= 0.6 is 0 Å². The molecule has 1 aromatic heterocycles. The Hall–Kier alpha value is -2.07. The molecule has 1 atom stereocenters. The topological polar surface area (TPSA) is 57.2 Å². The second-order valence-corrected chi connectivity index (χ2v) is 5.73. The number of benzene rings is 1. The van der Waals surface area contributed by atoms with Crippen molar-refractivity contribution in [2.24, 2.45) is 5.73 Å². The number of hydrogen-bond acceptors (Lipinski definition) is 3. The third-order valence-corrected chi connectivity index (χ3v) is 4.50. The molecular formula is C18H22N2O2. The van der Waals surface area contributed by atoms with Crippen molar-refractivity contribution < 1.29 is 4.74 Å². The average molecular weight is 298 g/mol. The molecule has 4 nitrogen and oxygen atoms in total. The summed E-state index contributed by atoms with van der Waals surface area (Å²) in [5, 5.41) is 0. The minimum absolute atomic E-state index is 0.0477. The first-order valence-corrected chi connectivity index (χ1v) is 7.80. The van der Waals surface area contributed by atoms with E-state index in [1.807, 2.05) is 41.8 Å². The molecule has 1 aromatic carbocycles. The Morgan fingerprint density at radius 1 is 1.27 bits per heavy atom. The zero-order valence-corrected chi connectivity index (χ0v) is 13.1. The number of hydrogen-bond donors (Lipinski definition) is 1. The highest BCUT2D eigenvalue weighted by Crippen LogP contribution is 2.26. The highest BCUT2D eigenvalue weighted by atomic mass is 16.5. The van der Waals surface area contributed by atoms with Gasteiger partial charge in [0.1, 0.15) is 5.75 Å². The lowest BCUT2D eigenvalue weighted by Crippen LogP contribution is -2.30. The summed E-state index contributed by atoms with van der Waals surface area (Å²) < 4.78 is 7.06. The van der Waals surface area contributed by atoms with Gasteiger partial charge in [-0.3, -0.25) is 4.79 Å². The standard InChI is InChI=1S/C18H22N2O2/c1-3-20-16-6-4-5-13(16)11-15(18(20)21)17(19)12-7-9-14(22-2)10-8-12/h7-11,17H,3-6,19H2,1-2H3. The quantitative estimate of drug-likeness (QED) is 0.943. The van der Waals surface area contributed by atoms with Crippen LogP contribution in [0.2, 0.25) is 0 Å². The van der Waals surface area contributed by atoms with Crippen LogP contribution in [0.5, 0.6) is 5.75 Å². The maximum atomic E-state index is 12.8. The number of fused-ring (bicyclic) bond motifs is 1. The van der Waals surface area contributed by atoms with Gasteiger partial charge in [-0.25, -0.2) is 0 Å². The Bertz CT molecular complexity index is 732. The number of nitrogens with two attached hydrogens (primary N) is 1. The number of aromatic nitrogens is 1. The molecule has 1 heterocycles. The number of methoxy groups -OCH3 is 1. The molecule has 22 heavy (non-hydrogen) atoms. The fourth-order valence-corrected chi connectivity index (χ4v) is 3.29. The summed E-state index contributed by atoms with van der Waals surface area (Å²) in [6.07, 6.45) is 3.16. The Labute approximate surface area is 130 Å². The van der Waals surface area contributed by atoms with Gasteiger partial charge in [-0.1, -0.05) is 12.1 Å². The minimum atomic E-state index is -0.401. The van der Waals surface area contributed by atoms with Crippen LogP contribution in [0, 0.1) is 0 Å². The van der Waals surface area contributed by atoms with E-state index < -0.39 is 6.04 Å². The molecule has 0 aliphatic heterocycles. The van der Waals surface area contributed by atoms with Crippen LogP contribution in [0.1, 0.15) is 41.8 Å². The van der Waals surface area contributed by atoms with E-state index in [1.54, 1.807) is 7.11 Å². The second-order valence-electron chi connectivity index (χ2n) is 5.73. The highest BCUT2D eigenvalue weighted by molar-refractivity contribution is 5.38. The second kappa shape index (κ2) is 5.97. The van der Waals surface area contributed by atoms with E-state index in [2.05, 4.69) is 0 Å². The van der Waals surface area contributed by atoms with Crippen LogP contribution in [0.3, 0.4) is 0 Å². The minimum Gasteiger partial charge on any atom is -0.497 e. The van der Waals surface area contributed by atoms with Gasteiger partial charge in [0.05, 0.1) is 13.2 Å². The molecule has 1 unspecified atom stereocenters. The fraction of sp³-hybridized carbons (Fsp3) is 0.389. The zero-order chi connectivity index (χ0) is 15.7. The smallest absolute Gasteiger partial charge is 0.255 e. The molecule has 2 aromatic rings. The van der Waals surface area contributed by atoms with Crippen molar-refractivity contribution in [1.82, 2.24) is 4.57 Å². The molecular weight excluding hydrogens is 276 g/mol. The first kappa shape index (κ1) is 14.9. The molecule has 0 radical (unpaired) electrons. The molecule has 3 rings (SSSR count). The van der Waals surface area contributed by atoms with E-state index in [4.69, 9.17) is 10.5 Å². The molecule has 0 spiro atoms. The van der Waals surface area contributed by atoms with E-state index >= 15 is 0 Å². The first-order chi connectivity index (χ1) is 10.7. The SMILES string of the molecule is CCn1c2c(cc(C(N)c3ccc(OC)cc3)c1=O)CCC2. The monoisotopic (exact) mass is 298 g/mol. The molecule has 0 amide bonds. The lowest BCUT2D eigenvalue weighted by Gasteiger charge is -2.17. The summed E-state index contributed by atoms with van der Waals surface area (Å²) in [4.78, 5) is 12.8. The number of nitrogens with zero attached hydrogens (tertiary/aromatic N) is 1. The van der Waals surface area contributed by atoms with Gasteiger partial charge >= 0.3 is 0 Å². The molecule has 116 valence electrons. The van der Waals surface area contributed by atoms with Gasteiger partial charge in [0, 0.05) is 17.8 Å². The molecule has 0 saturated heterocycles. The van der Waals surface area contributed by atoms with E-state index in [1.165, 1.54) is 11.3 Å². The summed E-state index contributed by atoms with van der Waals surface area (Å²) in [6.45, 7) is 2.72. The van der Waals surface area contributed by atoms with Gasteiger partial charge in [-0.05, 0) is 55.5 Å². The molecule has 1 aliphatic carbocycles. The first-order valence-electron chi connectivity index (χ1n) is 7.80. The van der Waals surface area contributed by atoms with E-state index in [-0.39, 0.29) is 5.56 Å². The normalized spacial score (nSPS) is 14.7. The van der Waals surface area contributed by atoms with Crippen molar-refractivity contribution in [3.63, 3.8) is 0 Å². The van der Waals surface area contributed by atoms with Crippen molar-refractivity contribution in [3.8, 4) is 5.75 Å². The van der Waals surface area contributed by atoms with Gasteiger partial charge in [0.15, 0.2) is 0 Å². The number of aryl methyl sites for hydroxylation is 1. The van der Waals surface area contributed by atoms with Gasteiger partial charge < -0.3 is 15.0 Å². The third kappa shape index (κ3) is 2.44. The summed E-state index contributed by atoms with van der Waals surface area (Å²) in [5.74, 6) is 0.788. The number of ether oxygens (including phenoxy) is 1. The molecule has 2 N–H and O–H groups in total. The molecule has 4 heteroatoms. The third-order valence-electron chi connectivity index (χ3n) is 4.50. The van der Waals surface area contributed by atoms with Crippen LogP contribution in [0.15, 0.2) is 35.1 Å². The Kier molecular flexibility index (Phi) is 4.03. The van der Waals surface area contributed by atoms with Gasteiger partial charge in [0.2, 0.25) is 0 Å². The van der Waals surface area contributed by atoms with Crippen molar-refractivity contribution in [1.29, 1.82) is 0 Å². The fourth-order valence-electron chi connectivity index (χ4n) is 3.29. The lowest BCUT2D eigenvalue weighted by molar-refractivity contribution is 0.414. The summed E-state index contributed by atoms with van der Waals surface area (Å²) in [6, 6.07) is 9.22. The van der Waals surface area contributed by atoms with Crippen molar-refractivity contribution in [3.05, 3.63) is 63.1 Å². The predicted octanol–water partition coefficient (Wildman–Crippen LogP) is 2.41. The van der Waals surface area contributed by atoms with E-state index in [0.29, 0.717) is 12.1 Å². The van der Waals surface area contributed by atoms with Gasteiger partial charge in [-0.15, -0.1) is 0 Å². The predicted molar refractivity (Wildman–Crippen MR) is 87.4 cm³/mol. The Morgan fingerprint density at radius 3 is 2.64 bits per heavy atom. The number of pyridine rings is 1. The summed E-state index contributed by atoms with van der Waals surface area (Å²) in [7, 11) is 1.63.